The Morgan fingerprint density at radius 3 is 2.36 bits per heavy atom. The van der Waals surface area contributed by atoms with Crippen molar-refractivity contribution >= 4 is 0 Å². The number of hydrogen-bond donors (Lipinski definition) is 0. The summed E-state index contributed by atoms with van der Waals surface area (Å²) in [4.78, 5) is 0. The first-order chi connectivity index (χ1) is 6.75. The molecule has 0 aromatic heterocycles. The van der Waals surface area contributed by atoms with Crippen molar-refractivity contribution in [1.29, 1.82) is 0 Å². The predicted octanol–water partition coefficient (Wildman–Crippen LogP) is 3.41. The second-order valence-electron chi connectivity index (χ2n) is 3.62. The first-order valence-electron chi connectivity index (χ1n) is 4.76. The average molecular weight is 198 g/mol. The van der Waals surface area contributed by atoms with E-state index in [4.69, 9.17) is 4.74 Å². The summed E-state index contributed by atoms with van der Waals surface area (Å²) >= 11 is 0. The van der Waals surface area contributed by atoms with Gasteiger partial charge in [0.1, 0.15) is 5.75 Å². The topological polar surface area (TPSA) is 9.23 Å². The molecule has 0 unspecified atom stereocenters. The van der Waals surface area contributed by atoms with Crippen molar-refractivity contribution < 1.29 is 13.5 Å². The van der Waals surface area contributed by atoms with Crippen LogP contribution in [0.4, 0.5) is 8.78 Å². The molecule has 0 spiro atoms. The van der Waals surface area contributed by atoms with E-state index in [0.29, 0.717) is 18.3 Å². The Morgan fingerprint density at radius 2 is 1.86 bits per heavy atom. The molecule has 1 nitrogen and oxygen atoms in total. The standard InChI is InChI=1S/C11H12F2O/c12-11(13)9-3-5-10(6-4-9)14-7-8-1-2-8/h3-6,8,11H,1-2,7H2. The van der Waals surface area contributed by atoms with Gasteiger partial charge in [-0.15, -0.1) is 0 Å². The van der Waals surface area contributed by atoms with Crippen molar-refractivity contribution in [1.82, 2.24) is 0 Å². The molecule has 0 atom stereocenters. The summed E-state index contributed by atoms with van der Waals surface area (Å²) in [6, 6.07) is 6.02. The molecule has 3 heteroatoms. The van der Waals surface area contributed by atoms with E-state index in [-0.39, 0.29) is 5.56 Å². The third-order valence-electron chi connectivity index (χ3n) is 2.31. The van der Waals surface area contributed by atoms with E-state index in [1.165, 1.54) is 25.0 Å². The lowest BCUT2D eigenvalue weighted by Gasteiger charge is -2.05. The maximum atomic E-state index is 12.2. The Hall–Kier alpha value is -1.12. The molecule has 0 radical (unpaired) electrons. The molecule has 1 saturated carbocycles. The minimum Gasteiger partial charge on any atom is -0.493 e. The first-order valence-corrected chi connectivity index (χ1v) is 4.76. The maximum Gasteiger partial charge on any atom is 0.263 e. The van der Waals surface area contributed by atoms with Crippen molar-refractivity contribution in [2.75, 3.05) is 6.61 Å². The maximum absolute atomic E-state index is 12.2. The molecule has 1 aliphatic rings. The molecule has 0 saturated heterocycles. The van der Waals surface area contributed by atoms with Crippen LogP contribution >= 0.6 is 0 Å². The van der Waals surface area contributed by atoms with Crippen molar-refractivity contribution in [3.05, 3.63) is 29.8 Å². The quantitative estimate of drug-likeness (QED) is 0.720. The van der Waals surface area contributed by atoms with E-state index >= 15 is 0 Å². The van der Waals surface area contributed by atoms with Crippen molar-refractivity contribution in [3.63, 3.8) is 0 Å². The number of alkyl halides is 2. The van der Waals surface area contributed by atoms with Gasteiger partial charge in [0.05, 0.1) is 6.61 Å². The normalized spacial score (nSPS) is 15.9. The van der Waals surface area contributed by atoms with Gasteiger partial charge in [0.25, 0.3) is 6.43 Å². The SMILES string of the molecule is FC(F)c1ccc(OCC2CC2)cc1. The molecule has 0 bridgehead atoms. The third kappa shape index (κ3) is 2.44. The van der Waals surface area contributed by atoms with Gasteiger partial charge in [-0.1, -0.05) is 0 Å². The number of hydrogen-bond acceptors (Lipinski definition) is 1. The number of rotatable bonds is 4. The Labute approximate surface area is 81.7 Å². The van der Waals surface area contributed by atoms with Crippen LogP contribution < -0.4 is 4.74 Å². The molecule has 76 valence electrons. The Kier molecular flexibility index (Phi) is 2.66. The van der Waals surface area contributed by atoms with Crippen LogP contribution in [0.3, 0.4) is 0 Å². The van der Waals surface area contributed by atoms with Gasteiger partial charge in [-0.25, -0.2) is 8.78 Å². The minimum absolute atomic E-state index is 0.0452. The zero-order valence-corrected chi connectivity index (χ0v) is 7.75. The van der Waals surface area contributed by atoms with Crippen LogP contribution in [-0.2, 0) is 0 Å². The molecule has 1 aliphatic carbocycles. The number of ether oxygens (including phenoxy) is 1. The summed E-state index contributed by atoms with van der Waals surface area (Å²) in [5.74, 6) is 1.37. The second kappa shape index (κ2) is 3.95. The highest BCUT2D eigenvalue weighted by atomic mass is 19.3. The van der Waals surface area contributed by atoms with Crippen LogP contribution in [-0.4, -0.2) is 6.61 Å². The molecular weight excluding hydrogens is 186 g/mol. The molecule has 0 aliphatic heterocycles. The van der Waals surface area contributed by atoms with Gasteiger partial charge < -0.3 is 4.74 Å². The van der Waals surface area contributed by atoms with Gasteiger partial charge in [0.15, 0.2) is 0 Å². The zero-order chi connectivity index (χ0) is 9.97. The highest BCUT2D eigenvalue weighted by Gasteiger charge is 2.21. The van der Waals surface area contributed by atoms with E-state index in [2.05, 4.69) is 0 Å². The van der Waals surface area contributed by atoms with Crippen molar-refractivity contribution in [2.45, 2.75) is 19.3 Å². The Bertz CT molecular complexity index is 291. The van der Waals surface area contributed by atoms with Crippen LogP contribution in [0.1, 0.15) is 24.8 Å². The predicted molar refractivity (Wildman–Crippen MR) is 49.6 cm³/mol. The largest absolute Gasteiger partial charge is 0.493 e. The van der Waals surface area contributed by atoms with Crippen LogP contribution in [0.25, 0.3) is 0 Å². The molecule has 1 aromatic carbocycles. The van der Waals surface area contributed by atoms with E-state index < -0.39 is 6.43 Å². The molecule has 14 heavy (non-hydrogen) atoms. The van der Waals surface area contributed by atoms with E-state index in [1.54, 1.807) is 12.1 Å². The fraction of sp³-hybridized carbons (Fsp3) is 0.455. The first kappa shape index (κ1) is 9.44. The highest BCUT2D eigenvalue weighted by molar-refractivity contribution is 5.27. The lowest BCUT2D eigenvalue weighted by Crippen LogP contribution is -1.98. The van der Waals surface area contributed by atoms with Crippen LogP contribution in [0.2, 0.25) is 0 Å². The molecule has 0 amide bonds. The molecule has 2 rings (SSSR count). The van der Waals surface area contributed by atoms with Gasteiger partial charge in [-0.05, 0) is 43.0 Å². The summed E-state index contributed by atoms with van der Waals surface area (Å²) in [5, 5.41) is 0. The molecule has 0 N–H and O–H groups in total. The lowest BCUT2D eigenvalue weighted by atomic mass is 10.2. The Morgan fingerprint density at radius 1 is 1.21 bits per heavy atom. The summed E-state index contributed by atoms with van der Waals surface area (Å²) in [5.41, 5.74) is 0.0452. The van der Waals surface area contributed by atoms with Gasteiger partial charge in [-0.3, -0.25) is 0 Å². The van der Waals surface area contributed by atoms with Crippen molar-refractivity contribution in [2.24, 2.45) is 5.92 Å². The Balaban J connectivity index is 1.91. The lowest BCUT2D eigenvalue weighted by molar-refractivity contribution is 0.151. The second-order valence-corrected chi connectivity index (χ2v) is 3.62. The molecular formula is C11H12F2O. The van der Waals surface area contributed by atoms with E-state index in [0.717, 1.165) is 0 Å². The molecule has 0 heterocycles. The third-order valence-corrected chi connectivity index (χ3v) is 2.31. The van der Waals surface area contributed by atoms with Gasteiger partial charge in [-0.2, -0.15) is 0 Å². The van der Waals surface area contributed by atoms with Crippen LogP contribution in [0, 0.1) is 5.92 Å². The minimum atomic E-state index is -2.40. The summed E-state index contributed by atoms with van der Waals surface area (Å²) in [6.45, 7) is 0.716. The van der Waals surface area contributed by atoms with Gasteiger partial charge in [0.2, 0.25) is 0 Å². The van der Waals surface area contributed by atoms with E-state index in [9.17, 15) is 8.78 Å². The molecule has 1 aromatic rings. The highest BCUT2D eigenvalue weighted by Crippen LogP contribution is 2.30. The van der Waals surface area contributed by atoms with Crippen LogP contribution in [0.15, 0.2) is 24.3 Å². The zero-order valence-electron chi connectivity index (χ0n) is 7.75. The van der Waals surface area contributed by atoms with Gasteiger partial charge >= 0.3 is 0 Å². The fourth-order valence-electron chi connectivity index (χ4n) is 1.21. The van der Waals surface area contributed by atoms with E-state index in [1.807, 2.05) is 0 Å². The number of benzene rings is 1. The summed E-state index contributed by atoms with van der Waals surface area (Å²) in [6.07, 6.45) is 0.0667. The number of halogens is 2. The smallest absolute Gasteiger partial charge is 0.263 e. The van der Waals surface area contributed by atoms with Gasteiger partial charge in [0, 0.05) is 5.56 Å². The summed E-state index contributed by atoms with van der Waals surface area (Å²) < 4.78 is 29.8. The molecule has 1 fully saturated rings. The van der Waals surface area contributed by atoms with Crippen LogP contribution in [0.5, 0.6) is 5.75 Å². The average Bonchev–Trinajstić information content (AvgIpc) is 2.99. The fourth-order valence-corrected chi connectivity index (χ4v) is 1.21. The monoisotopic (exact) mass is 198 g/mol. The van der Waals surface area contributed by atoms with Crippen molar-refractivity contribution in [3.8, 4) is 5.75 Å². The summed E-state index contributed by atoms with van der Waals surface area (Å²) in [7, 11) is 0.